The fourth-order valence-corrected chi connectivity index (χ4v) is 1.03. The van der Waals surface area contributed by atoms with E-state index in [9.17, 15) is 18.0 Å². The molecule has 0 saturated heterocycles. The summed E-state index contributed by atoms with van der Waals surface area (Å²) in [5, 5.41) is 5.13. The predicted molar refractivity (Wildman–Crippen MR) is 127 cm³/mol. The highest BCUT2D eigenvalue weighted by molar-refractivity contribution is 8.13. The van der Waals surface area contributed by atoms with Crippen molar-refractivity contribution in [2.24, 2.45) is 5.73 Å². The van der Waals surface area contributed by atoms with Gasteiger partial charge in [0.25, 0.3) is 0 Å². The number of amides is 2. The van der Waals surface area contributed by atoms with Crippen molar-refractivity contribution >= 4 is 42.4 Å². The smallest absolute Gasteiger partial charge is 0.407 e. The molecule has 0 unspecified atom stereocenters. The van der Waals surface area contributed by atoms with Gasteiger partial charge in [-0.25, -0.2) is 18.0 Å². The quantitative estimate of drug-likeness (QED) is 0.396. The van der Waals surface area contributed by atoms with Crippen LogP contribution in [-0.2, 0) is 29.0 Å². The van der Waals surface area contributed by atoms with Gasteiger partial charge >= 0.3 is 22.7 Å². The molecule has 0 aliphatic carbocycles. The van der Waals surface area contributed by atoms with Gasteiger partial charge < -0.3 is 25.8 Å². The molecule has 196 valence electrons. The van der Waals surface area contributed by atoms with Crippen molar-refractivity contribution in [1.29, 1.82) is 4.78 Å². The Morgan fingerprint density at radius 1 is 0.969 bits per heavy atom. The summed E-state index contributed by atoms with van der Waals surface area (Å²) >= 11 is 0. The highest BCUT2D eigenvalue weighted by Gasteiger charge is 2.15. The Hall–Kier alpha value is -1.64. The minimum atomic E-state index is -3.19. The second kappa shape index (κ2) is 21.2. The average molecular weight is 529 g/mol. The van der Waals surface area contributed by atoms with Crippen LogP contribution in [0.5, 0.6) is 0 Å². The summed E-state index contributed by atoms with van der Waals surface area (Å²) in [6.07, 6.45) is 1.11. The molecule has 0 spiro atoms. The van der Waals surface area contributed by atoms with Gasteiger partial charge in [0.05, 0.1) is 6.26 Å². The van der Waals surface area contributed by atoms with Crippen LogP contribution in [0.1, 0.15) is 62.3 Å². The lowest BCUT2D eigenvalue weighted by Gasteiger charge is -2.19. The van der Waals surface area contributed by atoms with E-state index in [0.29, 0.717) is 19.6 Å². The molecule has 0 rings (SSSR count). The van der Waals surface area contributed by atoms with E-state index in [1.807, 2.05) is 48.5 Å². The van der Waals surface area contributed by atoms with Crippen molar-refractivity contribution in [1.82, 2.24) is 10.6 Å². The van der Waals surface area contributed by atoms with E-state index in [4.69, 9.17) is 28.4 Å². The first-order valence-electron chi connectivity index (χ1n) is 8.98. The Kier molecular flexibility index (Phi) is 27.0. The van der Waals surface area contributed by atoms with Gasteiger partial charge in [0.2, 0.25) is 9.05 Å². The van der Waals surface area contributed by atoms with Crippen molar-refractivity contribution < 1.29 is 35.9 Å². The number of nitrogens with two attached hydrogens (primary N) is 1. The summed E-state index contributed by atoms with van der Waals surface area (Å²) in [7, 11) is -1.30. The van der Waals surface area contributed by atoms with Gasteiger partial charge in [-0.2, -0.15) is 13.2 Å². The molecule has 0 fully saturated rings. The SMILES string of the molecule is C.CC(C)(C)OC(=O)NCCN.CCCNC(=O)OC(C)(C)C.CS(=O)(=O)Cl.N=S(=O)=O. The standard InChI is InChI=1S/C8H17NO2.C7H16N2O2.CH3ClO2S.CH4.HNO2S/c1-5-6-9-7(10)11-8(2,3)4;1-7(2,3)11-6(10)9-5-4-8;1-5(2,3)4;;1-4(2)3/h5-6H2,1-4H3,(H,9,10);4-5,8H2,1-3H3,(H,9,10);1H3;1H4;1H. The minimum Gasteiger partial charge on any atom is -0.444 e. The summed E-state index contributed by atoms with van der Waals surface area (Å²) < 4.78 is 51.6. The van der Waals surface area contributed by atoms with E-state index in [2.05, 4.69) is 21.3 Å². The number of alkyl carbamates (subject to hydrolysis) is 2. The Bertz CT molecular complexity index is 654. The lowest BCUT2D eigenvalue weighted by atomic mass is 10.2. The van der Waals surface area contributed by atoms with E-state index in [1.54, 1.807) is 0 Å². The maximum absolute atomic E-state index is 10.9. The zero-order valence-electron chi connectivity index (χ0n) is 19.4. The zero-order chi connectivity index (χ0) is 25.9. The molecule has 0 radical (unpaired) electrons. The molecule has 0 aliphatic rings. The number of hydrogen-bond donors (Lipinski definition) is 4. The molecule has 0 heterocycles. The topological polar surface area (TPSA) is 195 Å². The van der Waals surface area contributed by atoms with Gasteiger partial charge in [-0.15, -0.1) is 0 Å². The summed E-state index contributed by atoms with van der Waals surface area (Å²) in [6.45, 7) is 14.5. The molecular formula is C17H41ClN4O8S2. The van der Waals surface area contributed by atoms with Crippen molar-refractivity contribution in [3.8, 4) is 0 Å². The maximum atomic E-state index is 10.9. The number of ether oxygens (including phenoxy) is 2. The molecule has 0 bridgehead atoms. The van der Waals surface area contributed by atoms with Gasteiger partial charge in [0, 0.05) is 30.3 Å². The minimum absolute atomic E-state index is 0. The average Bonchev–Trinajstić information content (AvgIpc) is 2.46. The number of halogens is 1. The predicted octanol–water partition coefficient (Wildman–Crippen LogP) is 2.84. The second-order valence-corrected chi connectivity index (χ2v) is 11.1. The molecule has 15 heteroatoms. The Morgan fingerprint density at radius 2 is 1.22 bits per heavy atom. The highest BCUT2D eigenvalue weighted by Crippen LogP contribution is 2.06. The Morgan fingerprint density at radius 3 is 1.41 bits per heavy atom. The van der Waals surface area contributed by atoms with Gasteiger partial charge in [0.1, 0.15) is 11.2 Å². The lowest BCUT2D eigenvalue weighted by Crippen LogP contribution is -2.35. The van der Waals surface area contributed by atoms with Crippen LogP contribution in [0.3, 0.4) is 0 Å². The summed E-state index contributed by atoms with van der Waals surface area (Å²) in [4.78, 5) is 21.7. The second-order valence-electron chi connectivity index (χ2n) is 7.56. The number of carbonyl (C=O) groups excluding carboxylic acids is 2. The molecule has 0 aromatic heterocycles. The fourth-order valence-electron chi connectivity index (χ4n) is 1.03. The zero-order valence-corrected chi connectivity index (χ0v) is 21.8. The molecule has 0 atom stereocenters. The highest BCUT2D eigenvalue weighted by atomic mass is 35.7. The van der Waals surface area contributed by atoms with Crippen LogP contribution < -0.4 is 16.4 Å². The number of carbonyl (C=O) groups is 2. The van der Waals surface area contributed by atoms with E-state index < -0.39 is 36.8 Å². The van der Waals surface area contributed by atoms with Crippen LogP contribution >= 0.6 is 10.7 Å². The van der Waals surface area contributed by atoms with Crippen molar-refractivity contribution in [2.45, 2.75) is 73.5 Å². The molecule has 0 aromatic rings. The van der Waals surface area contributed by atoms with Crippen molar-refractivity contribution in [3.63, 3.8) is 0 Å². The van der Waals surface area contributed by atoms with Crippen LogP contribution in [0, 0.1) is 4.78 Å². The van der Waals surface area contributed by atoms with Crippen LogP contribution in [-0.4, -0.2) is 66.1 Å². The third-order valence-electron chi connectivity index (χ3n) is 1.73. The Balaban J connectivity index is -0.000000109. The van der Waals surface area contributed by atoms with Crippen molar-refractivity contribution in [3.05, 3.63) is 0 Å². The molecule has 5 N–H and O–H groups in total. The molecule has 12 nitrogen and oxygen atoms in total. The normalized spacial score (nSPS) is 10.1. The van der Waals surface area contributed by atoms with Crippen LogP contribution in [0.2, 0.25) is 0 Å². The van der Waals surface area contributed by atoms with E-state index in [1.165, 1.54) is 0 Å². The first kappa shape index (κ1) is 40.7. The van der Waals surface area contributed by atoms with Crippen LogP contribution in [0.15, 0.2) is 0 Å². The van der Waals surface area contributed by atoms with Gasteiger partial charge in [-0.05, 0) is 48.0 Å². The summed E-state index contributed by atoms with van der Waals surface area (Å²) in [5.41, 5.74) is 4.35. The molecule has 2 amide bonds. The molecular weight excluding hydrogens is 488 g/mol. The first-order valence-corrected chi connectivity index (χ1v) is 12.8. The lowest BCUT2D eigenvalue weighted by molar-refractivity contribution is 0.0517. The molecule has 32 heavy (non-hydrogen) atoms. The van der Waals surface area contributed by atoms with Gasteiger partial charge in [-0.1, -0.05) is 14.4 Å². The van der Waals surface area contributed by atoms with Crippen LogP contribution in [0.25, 0.3) is 0 Å². The summed E-state index contributed by atoms with van der Waals surface area (Å²) in [6, 6.07) is 0. The largest absolute Gasteiger partial charge is 0.444 e. The van der Waals surface area contributed by atoms with Gasteiger partial charge in [0.15, 0.2) is 0 Å². The Labute approximate surface area is 198 Å². The van der Waals surface area contributed by atoms with Gasteiger partial charge in [-0.3, -0.25) is 0 Å². The third kappa shape index (κ3) is 79.3. The molecule has 0 aliphatic heterocycles. The molecule has 0 saturated carbocycles. The molecule has 0 aromatic carbocycles. The first-order chi connectivity index (χ1) is 13.6. The van der Waals surface area contributed by atoms with E-state index in [0.717, 1.165) is 12.7 Å². The number of hydrogen-bond acceptors (Lipinski definition) is 10. The van der Waals surface area contributed by atoms with Crippen molar-refractivity contribution in [2.75, 3.05) is 25.9 Å². The van der Waals surface area contributed by atoms with E-state index in [-0.39, 0.29) is 13.5 Å². The van der Waals surface area contributed by atoms with E-state index >= 15 is 0 Å². The maximum Gasteiger partial charge on any atom is 0.407 e. The third-order valence-corrected chi connectivity index (χ3v) is 1.73. The summed E-state index contributed by atoms with van der Waals surface area (Å²) in [5.74, 6) is 0. The number of rotatable bonds is 4. The monoisotopic (exact) mass is 528 g/mol. The van der Waals surface area contributed by atoms with Crippen LogP contribution in [0.4, 0.5) is 9.59 Å². The number of nitrogens with one attached hydrogen (secondary N) is 3. The fraction of sp³-hybridized carbons (Fsp3) is 0.882.